The number of carbonyl (C=O) groups excluding carboxylic acids is 1. The molecule has 0 aliphatic carbocycles. The summed E-state index contributed by atoms with van der Waals surface area (Å²) in [5.74, 6) is 0.128. The van der Waals surface area contributed by atoms with Crippen LogP contribution in [0, 0.1) is 17.0 Å². The normalized spacial score (nSPS) is 16.6. The molecule has 2 heterocycles. The number of nitro groups is 1. The molecule has 0 aromatic heterocycles. The molecule has 1 saturated heterocycles. The number of benzene rings is 2. The minimum absolute atomic E-state index is 0.00618. The lowest BCUT2D eigenvalue weighted by atomic mass is 10.0. The van der Waals surface area contributed by atoms with E-state index in [4.69, 9.17) is 4.74 Å². The lowest BCUT2D eigenvalue weighted by molar-refractivity contribution is -0.385. The molecule has 2 aromatic rings. The highest BCUT2D eigenvalue weighted by molar-refractivity contribution is 7.89. The second-order valence-corrected chi connectivity index (χ2v) is 9.98. The zero-order chi connectivity index (χ0) is 22.9. The van der Waals surface area contributed by atoms with Gasteiger partial charge in [0.05, 0.1) is 9.82 Å². The van der Waals surface area contributed by atoms with Gasteiger partial charge in [-0.25, -0.2) is 8.42 Å². The first-order chi connectivity index (χ1) is 15.3. The summed E-state index contributed by atoms with van der Waals surface area (Å²) in [5, 5.41) is 10.9. The van der Waals surface area contributed by atoms with E-state index in [1.807, 2.05) is 0 Å². The predicted molar refractivity (Wildman–Crippen MR) is 118 cm³/mol. The molecule has 0 atom stereocenters. The summed E-state index contributed by atoms with van der Waals surface area (Å²) in [4.78, 5) is 25.2. The van der Waals surface area contributed by atoms with E-state index in [1.165, 1.54) is 22.5 Å². The Kier molecular flexibility index (Phi) is 6.16. The molecule has 0 radical (unpaired) electrons. The molecular weight excluding hydrogens is 434 g/mol. The third-order valence-electron chi connectivity index (χ3n) is 5.90. The Morgan fingerprint density at radius 1 is 1.09 bits per heavy atom. The maximum absolute atomic E-state index is 12.9. The van der Waals surface area contributed by atoms with Crippen molar-refractivity contribution >= 4 is 27.3 Å². The Hall–Kier alpha value is -2.98. The van der Waals surface area contributed by atoms with Gasteiger partial charge in [-0.3, -0.25) is 14.9 Å². The number of aryl methyl sites for hydroxylation is 2. The molecule has 0 unspecified atom stereocenters. The SMILES string of the molecule is Cc1cc(OCC(=O)N2CCCc3cc(S(=O)(=O)N4CCCC4)ccc32)ccc1[N+](=O)[O-]. The Bertz CT molecular complexity index is 1160. The van der Waals surface area contributed by atoms with Gasteiger partial charge in [-0.2, -0.15) is 4.31 Å². The standard InChI is InChI=1S/C22H25N3O6S/c1-16-13-18(6-8-20(16)25(27)28)31-15-22(26)24-12-4-5-17-14-19(7-9-21(17)24)32(29,30)23-10-2-3-11-23/h6-9,13-14H,2-5,10-12,15H2,1H3. The van der Waals surface area contributed by atoms with Crippen LogP contribution in [0.15, 0.2) is 41.3 Å². The topological polar surface area (TPSA) is 110 Å². The van der Waals surface area contributed by atoms with E-state index >= 15 is 0 Å². The van der Waals surface area contributed by atoms with Crippen LogP contribution < -0.4 is 9.64 Å². The molecule has 0 spiro atoms. The van der Waals surface area contributed by atoms with Crippen LogP contribution in [-0.4, -0.2) is 49.8 Å². The maximum atomic E-state index is 12.9. The van der Waals surface area contributed by atoms with Crippen LogP contribution in [0.25, 0.3) is 0 Å². The number of fused-ring (bicyclic) bond motifs is 1. The van der Waals surface area contributed by atoms with Gasteiger partial charge in [0.25, 0.3) is 11.6 Å². The monoisotopic (exact) mass is 459 g/mol. The highest BCUT2D eigenvalue weighted by atomic mass is 32.2. The average Bonchev–Trinajstić information content (AvgIpc) is 3.32. The Morgan fingerprint density at radius 3 is 2.53 bits per heavy atom. The summed E-state index contributed by atoms with van der Waals surface area (Å²) in [6.45, 7) is 3.01. The molecular formula is C22H25N3O6S. The van der Waals surface area contributed by atoms with Crippen LogP contribution in [0.1, 0.15) is 30.4 Å². The van der Waals surface area contributed by atoms with Crippen molar-refractivity contribution < 1.29 is 22.9 Å². The molecule has 32 heavy (non-hydrogen) atoms. The highest BCUT2D eigenvalue weighted by Crippen LogP contribution is 2.31. The van der Waals surface area contributed by atoms with Crippen LogP contribution >= 0.6 is 0 Å². The number of amides is 1. The summed E-state index contributed by atoms with van der Waals surface area (Å²) >= 11 is 0. The van der Waals surface area contributed by atoms with E-state index in [-0.39, 0.29) is 23.1 Å². The van der Waals surface area contributed by atoms with E-state index in [2.05, 4.69) is 0 Å². The zero-order valence-corrected chi connectivity index (χ0v) is 18.6. The molecule has 2 aromatic carbocycles. The Morgan fingerprint density at radius 2 is 1.84 bits per heavy atom. The van der Waals surface area contributed by atoms with Crippen LogP contribution in [0.2, 0.25) is 0 Å². The second-order valence-electron chi connectivity index (χ2n) is 8.04. The van der Waals surface area contributed by atoms with E-state index in [9.17, 15) is 23.3 Å². The van der Waals surface area contributed by atoms with Gasteiger partial charge in [-0.05, 0) is 68.5 Å². The second kappa shape index (κ2) is 8.87. The first kappa shape index (κ1) is 22.2. The fraction of sp³-hybridized carbons (Fsp3) is 0.409. The molecule has 2 aliphatic rings. The number of hydrogen-bond donors (Lipinski definition) is 0. The smallest absolute Gasteiger partial charge is 0.272 e. The number of rotatable bonds is 6. The number of ether oxygens (including phenoxy) is 1. The Labute approximate surface area is 186 Å². The quantitative estimate of drug-likeness (QED) is 0.485. The molecule has 170 valence electrons. The Balaban J connectivity index is 1.48. The van der Waals surface area contributed by atoms with E-state index in [0.717, 1.165) is 24.8 Å². The van der Waals surface area contributed by atoms with Gasteiger partial charge in [0.15, 0.2) is 6.61 Å². The van der Waals surface area contributed by atoms with E-state index in [1.54, 1.807) is 30.0 Å². The van der Waals surface area contributed by atoms with Gasteiger partial charge in [-0.15, -0.1) is 0 Å². The molecule has 0 N–H and O–H groups in total. The number of hydrogen-bond acceptors (Lipinski definition) is 6. The fourth-order valence-corrected chi connectivity index (χ4v) is 5.78. The maximum Gasteiger partial charge on any atom is 0.272 e. The predicted octanol–water partition coefficient (Wildman–Crippen LogP) is 3.05. The van der Waals surface area contributed by atoms with Crippen molar-refractivity contribution in [1.29, 1.82) is 0 Å². The molecule has 0 bridgehead atoms. The molecule has 2 aliphatic heterocycles. The van der Waals surface area contributed by atoms with Gasteiger partial charge in [0.1, 0.15) is 5.75 Å². The van der Waals surface area contributed by atoms with Gasteiger partial charge >= 0.3 is 0 Å². The number of sulfonamides is 1. The van der Waals surface area contributed by atoms with Gasteiger partial charge in [0.2, 0.25) is 10.0 Å². The summed E-state index contributed by atoms with van der Waals surface area (Å²) in [6, 6.07) is 9.31. The van der Waals surface area contributed by atoms with Gasteiger partial charge < -0.3 is 9.64 Å². The van der Waals surface area contributed by atoms with Crippen molar-refractivity contribution in [1.82, 2.24) is 4.31 Å². The summed E-state index contributed by atoms with van der Waals surface area (Å²) in [5.41, 5.74) is 1.98. The molecule has 9 nitrogen and oxygen atoms in total. The van der Waals surface area contributed by atoms with Crippen LogP contribution in [0.5, 0.6) is 5.75 Å². The fourth-order valence-electron chi connectivity index (χ4n) is 4.22. The number of nitrogens with zero attached hydrogens (tertiary/aromatic N) is 3. The summed E-state index contributed by atoms with van der Waals surface area (Å²) < 4.78 is 32.8. The largest absolute Gasteiger partial charge is 0.484 e. The van der Waals surface area contributed by atoms with Crippen LogP contribution in [-0.2, 0) is 21.2 Å². The van der Waals surface area contributed by atoms with Crippen molar-refractivity contribution in [3.05, 3.63) is 57.6 Å². The zero-order valence-electron chi connectivity index (χ0n) is 17.8. The molecule has 1 amide bonds. The molecule has 1 fully saturated rings. The van der Waals surface area contributed by atoms with Crippen molar-refractivity contribution in [2.45, 2.75) is 37.5 Å². The van der Waals surface area contributed by atoms with Gasteiger partial charge in [-0.1, -0.05) is 0 Å². The molecule has 10 heteroatoms. The van der Waals surface area contributed by atoms with Crippen molar-refractivity contribution in [2.75, 3.05) is 31.1 Å². The minimum Gasteiger partial charge on any atom is -0.484 e. The first-order valence-electron chi connectivity index (χ1n) is 10.6. The van der Waals surface area contributed by atoms with Gasteiger partial charge in [0, 0.05) is 37.0 Å². The number of carbonyl (C=O) groups is 1. The third kappa shape index (κ3) is 4.33. The highest BCUT2D eigenvalue weighted by Gasteiger charge is 2.30. The van der Waals surface area contributed by atoms with E-state index < -0.39 is 14.9 Å². The number of anilines is 1. The molecule has 4 rings (SSSR count). The lowest BCUT2D eigenvalue weighted by Crippen LogP contribution is -2.38. The van der Waals surface area contributed by atoms with Crippen LogP contribution in [0.4, 0.5) is 11.4 Å². The average molecular weight is 460 g/mol. The van der Waals surface area contributed by atoms with E-state index in [0.29, 0.717) is 43.1 Å². The minimum atomic E-state index is -3.51. The summed E-state index contributed by atoms with van der Waals surface area (Å²) in [7, 11) is -3.51. The third-order valence-corrected chi connectivity index (χ3v) is 7.80. The summed E-state index contributed by atoms with van der Waals surface area (Å²) in [6.07, 6.45) is 3.18. The number of nitro benzene ring substituents is 1. The van der Waals surface area contributed by atoms with Crippen molar-refractivity contribution in [3.63, 3.8) is 0 Å². The molecule has 0 saturated carbocycles. The van der Waals surface area contributed by atoms with Crippen molar-refractivity contribution in [2.24, 2.45) is 0 Å². The lowest BCUT2D eigenvalue weighted by Gasteiger charge is -2.30. The van der Waals surface area contributed by atoms with Crippen molar-refractivity contribution in [3.8, 4) is 5.75 Å². The van der Waals surface area contributed by atoms with Crippen LogP contribution in [0.3, 0.4) is 0 Å². The first-order valence-corrected chi connectivity index (χ1v) is 12.0.